The molecule has 0 saturated heterocycles. The van der Waals surface area contributed by atoms with Crippen LogP contribution in [0.4, 0.5) is 13.2 Å². The number of carboxylic acids is 1. The summed E-state index contributed by atoms with van der Waals surface area (Å²) < 4.78 is 33.5. The van der Waals surface area contributed by atoms with Gasteiger partial charge in [0.25, 0.3) is 0 Å². The largest absolute Gasteiger partial charge is 0.869 e. The number of hydrogen-bond donors (Lipinski definition) is 1. The van der Waals surface area contributed by atoms with Crippen LogP contribution in [0.3, 0.4) is 0 Å². The quantitative estimate of drug-likeness (QED) is 0.424. The van der Waals surface area contributed by atoms with Crippen molar-refractivity contribution in [3.63, 3.8) is 0 Å². The minimum Gasteiger partial charge on any atom is -0.869 e. The molecule has 0 unspecified atom stereocenters. The summed E-state index contributed by atoms with van der Waals surface area (Å²) in [4.78, 5) is 9.48. The minimum atomic E-state index is -5.08. The molecular formula is C4H2F3O3-. The van der Waals surface area contributed by atoms with Crippen molar-refractivity contribution < 1.29 is 28.2 Å². The van der Waals surface area contributed by atoms with Gasteiger partial charge in [0, 0.05) is 6.08 Å². The van der Waals surface area contributed by atoms with E-state index in [0.717, 1.165) is 0 Å². The van der Waals surface area contributed by atoms with E-state index < -0.39 is 24.0 Å². The SMILES string of the molecule is O=C(O)/C=C(\[O-])C(F)(F)F. The predicted octanol–water partition coefficient (Wildman–Crippen LogP) is -0.123. The standard InChI is InChI=1S/C4H3F3O3/c5-4(6,7)2(8)1-3(9)10/h1,8H,(H,9,10)/p-1/b2-1-. The summed E-state index contributed by atoms with van der Waals surface area (Å²) in [7, 11) is 0. The van der Waals surface area contributed by atoms with Crippen molar-refractivity contribution in [3.8, 4) is 0 Å². The Hall–Kier alpha value is -1.20. The topological polar surface area (TPSA) is 60.4 Å². The van der Waals surface area contributed by atoms with E-state index in [1.807, 2.05) is 0 Å². The molecule has 0 amide bonds. The van der Waals surface area contributed by atoms with Crippen molar-refractivity contribution in [2.75, 3.05) is 0 Å². The van der Waals surface area contributed by atoms with E-state index in [-0.39, 0.29) is 0 Å². The summed E-state index contributed by atoms with van der Waals surface area (Å²) in [5, 5.41) is 17.4. The third kappa shape index (κ3) is 2.95. The maximum atomic E-state index is 11.2. The lowest BCUT2D eigenvalue weighted by molar-refractivity contribution is -0.360. The Kier molecular flexibility index (Phi) is 2.28. The second-order valence-electron chi connectivity index (χ2n) is 1.34. The van der Waals surface area contributed by atoms with Crippen molar-refractivity contribution in [1.82, 2.24) is 0 Å². The summed E-state index contributed by atoms with van der Waals surface area (Å²) in [6, 6.07) is 0. The van der Waals surface area contributed by atoms with Crippen LogP contribution in [-0.2, 0) is 4.79 Å². The van der Waals surface area contributed by atoms with Crippen LogP contribution in [0.2, 0.25) is 0 Å². The van der Waals surface area contributed by atoms with E-state index in [4.69, 9.17) is 5.11 Å². The Labute approximate surface area is 53.4 Å². The van der Waals surface area contributed by atoms with Gasteiger partial charge in [0.2, 0.25) is 0 Å². The van der Waals surface area contributed by atoms with Crippen LogP contribution in [0.25, 0.3) is 0 Å². The summed E-state index contributed by atoms with van der Waals surface area (Å²) >= 11 is 0. The first-order valence-electron chi connectivity index (χ1n) is 2.03. The molecule has 0 aliphatic carbocycles. The highest BCUT2D eigenvalue weighted by Gasteiger charge is 2.26. The summed E-state index contributed by atoms with van der Waals surface area (Å²) in [6.45, 7) is 0. The zero-order valence-electron chi connectivity index (χ0n) is 4.47. The zero-order chi connectivity index (χ0) is 8.36. The average molecular weight is 155 g/mol. The highest BCUT2D eigenvalue weighted by molar-refractivity contribution is 5.80. The Morgan fingerprint density at radius 2 is 1.90 bits per heavy atom. The number of hydrogen-bond acceptors (Lipinski definition) is 2. The van der Waals surface area contributed by atoms with Crippen molar-refractivity contribution in [3.05, 3.63) is 11.8 Å². The van der Waals surface area contributed by atoms with Crippen molar-refractivity contribution in [1.29, 1.82) is 0 Å². The van der Waals surface area contributed by atoms with Gasteiger partial charge in [-0.25, -0.2) is 4.79 Å². The Morgan fingerprint density at radius 3 is 2.00 bits per heavy atom. The van der Waals surface area contributed by atoms with E-state index >= 15 is 0 Å². The van der Waals surface area contributed by atoms with Gasteiger partial charge >= 0.3 is 12.1 Å². The van der Waals surface area contributed by atoms with Crippen LogP contribution in [0.1, 0.15) is 0 Å². The van der Waals surface area contributed by atoms with Gasteiger partial charge in [0.05, 0.1) is 0 Å². The summed E-state index contributed by atoms with van der Waals surface area (Å²) in [6.07, 6.45) is -5.52. The first-order valence-corrected chi connectivity index (χ1v) is 2.03. The average Bonchev–Trinajstić information content (AvgIpc) is 1.60. The van der Waals surface area contributed by atoms with Gasteiger partial charge in [-0.05, 0) is 5.76 Å². The molecule has 0 aromatic carbocycles. The molecule has 6 heteroatoms. The number of halogens is 3. The lowest BCUT2D eigenvalue weighted by Gasteiger charge is -2.13. The number of carbonyl (C=O) groups is 1. The lowest BCUT2D eigenvalue weighted by Crippen LogP contribution is -2.23. The molecule has 0 spiro atoms. The van der Waals surface area contributed by atoms with Gasteiger partial charge in [-0.3, -0.25) is 0 Å². The van der Waals surface area contributed by atoms with Crippen molar-refractivity contribution in [2.24, 2.45) is 0 Å². The Bertz CT molecular complexity index is 169. The van der Waals surface area contributed by atoms with Gasteiger partial charge in [-0.2, -0.15) is 13.2 Å². The summed E-state index contributed by atoms with van der Waals surface area (Å²) in [5.41, 5.74) is 0. The molecular weight excluding hydrogens is 153 g/mol. The summed E-state index contributed by atoms with van der Waals surface area (Å²) in [5.74, 6) is -4.26. The maximum absolute atomic E-state index is 11.2. The molecule has 0 radical (unpaired) electrons. The van der Waals surface area contributed by atoms with Crippen LogP contribution in [0, 0.1) is 0 Å². The van der Waals surface area contributed by atoms with E-state index in [0.29, 0.717) is 0 Å². The predicted molar refractivity (Wildman–Crippen MR) is 21.8 cm³/mol. The molecule has 0 bridgehead atoms. The molecule has 0 heterocycles. The molecule has 0 aromatic heterocycles. The van der Waals surface area contributed by atoms with E-state index in [2.05, 4.69) is 0 Å². The van der Waals surface area contributed by atoms with Crippen molar-refractivity contribution in [2.45, 2.75) is 6.18 Å². The molecule has 0 fully saturated rings. The zero-order valence-corrected chi connectivity index (χ0v) is 4.47. The molecule has 10 heavy (non-hydrogen) atoms. The maximum Gasteiger partial charge on any atom is 0.402 e. The van der Waals surface area contributed by atoms with Gasteiger partial charge in [-0.15, -0.1) is 0 Å². The Balaban J connectivity index is 4.35. The first-order chi connectivity index (χ1) is 4.34. The van der Waals surface area contributed by atoms with Gasteiger partial charge < -0.3 is 10.2 Å². The fourth-order valence-electron chi connectivity index (χ4n) is 0.194. The van der Waals surface area contributed by atoms with Crippen LogP contribution in [0.15, 0.2) is 11.8 Å². The molecule has 0 saturated carbocycles. The second kappa shape index (κ2) is 2.59. The monoisotopic (exact) mass is 155 g/mol. The van der Waals surface area contributed by atoms with Crippen LogP contribution in [0.5, 0.6) is 0 Å². The number of rotatable bonds is 1. The smallest absolute Gasteiger partial charge is 0.402 e. The molecule has 0 atom stereocenters. The second-order valence-corrected chi connectivity index (χ2v) is 1.34. The molecule has 58 valence electrons. The number of alkyl halides is 3. The molecule has 3 nitrogen and oxygen atoms in total. The lowest BCUT2D eigenvalue weighted by atomic mass is 10.4. The van der Waals surface area contributed by atoms with Crippen LogP contribution in [-0.4, -0.2) is 17.3 Å². The highest BCUT2D eigenvalue weighted by Crippen LogP contribution is 2.20. The number of aliphatic carboxylic acids is 1. The fraction of sp³-hybridized carbons (Fsp3) is 0.250. The first kappa shape index (κ1) is 8.80. The molecule has 0 aliphatic heterocycles. The minimum absolute atomic E-state index is 0.431. The number of carboxylic acid groups (broad SMARTS) is 1. The third-order valence-electron chi connectivity index (χ3n) is 0.534. The van der Waals surface area contributed by atoms with E-state index in [9.17, 15) is 23.1 Å². The van der Waals surface area contributed by atoms with Gasteiger partial charge in [0.1, 0.15) is 0 Å². The van der Waals surface area contributed by atoms with Gasteiger partial charge in [0.15, 0.2) is 0 Å². The normalized spacial score (nSPS) is 13.3. The fourth-order valence-corrected chi connectivity index (χ4v) is 0.194. The molecule has 0 aromatic rings. The van der Waals surface area contributed by atoms with Crippen molar-refractivity contribution >= 4 is 5.97 Å². The number of allylic oxidation sites excluding steroid dienone is 1. The van der Waals surface area contributed by atoms with Gasteiger partial charge in [-0.1, -0.05) is 0 Å². The molecule has 0 rings (SSSR count). The van der Waals surface area contributed by atoms with E-state index in [1.165, 1.54) is 0 Å². The van der Waals surface area contributed by atoms with E-state index in [1.54, 1.807) is 0 Å². The van der Waals surface area contributed by atoms with Crippen LogP contribution >= 0.6 is 0 Å². The molecule has 0 aliphatic rings. The Morgan fingerprint density at radius 1 is 1.50 bits per heavy atom. The highest BCUT2D eigenvalue weighted by atomic mass is 19.4. The third-order valence-corrected chi connectivity index (χ3v) is 0.534. The van der Waals surface area contributed by atoms with Crippen LogP contribution < -0.4 is 5.11 Å². The molecule has 1 N–H and O–H groups in total.